The molecular formula is C16H15Cl2NO2. The van der Waals surface area contributed by atoms with Crippen molar-refractivity contribution in [1.82, 2.24) is 0 Å². The van der Waals surface area contributed by atoms with Crippen molar-refractivity contribution in [3.8, 4) is 5.75 Å². The number of aryl methyl sites for hydroxylation is 1. The lowest BCUT2D eigenvalue weighted by Crippen LogP contribution is -2.30. The quantitative estimate of drug-likeness (QED) is 0.885. The Morgan fingerprint density at radius 1 is 1.19 bits per heavy atom. The molecular weight excluding hydrogens is 309 g/mol. The van der Waals surface area contributed by atoms with Crippen molar-refractivity contribution in [2.45, 2.75) is 20.0 Å². The second-order valence-electron chi connectivity index (χ2n) is 4.64. The first-order valence-electron chi connectivity index (χ1n) is 6.45. The van der Waals surface area contributed by atoms with Crippen LogP contribution in [0.25, 0.3) is 0 Å². The minimum Gasteiger partial charge on any atom is -0.481 e. The molecule has 0 bridgehead atoms. The Kier molecular flexibility index (Phi) is 5.10. The molecule has 1 amide bonds. The highest BCUT2D eigenvalue weighted by molar-refractivity contribution is 6.33. The van der Waals surface area contributed by atoms with Crippen molar-refractivity contribution in [2.24, 2.45) is 0 Å². The molecule has 0 saturated carbocycles. The minimum atomic E-state index is -0.652. The summed E-state index contributed by atoms with van der Waals surface area (Å²) in [6, 6.07) is 12.3. The lowest BCUT2D eigenvalue weighted by molar-refractivity contribution is -0.122. The van der Waals surface area contributed by atoms with Gasteiger partial charge in [-0.3, -0.25) is 4.79 Å². The first-order chi connectivity index (χ1) is 9.97. The number of rotatable bonds is 4. The Bertz CT molecular complexity index is 658. The van der Waals surface area contributed by atoms with Gasteiger partial charge in [0.15, 0.2) is 6.10 Å². The monoisotopic (exact) mass is 323 g/mol. The van der Waals surface area contributed by atoms with Gasteiger partial charge in [0.05, 0.1) is 10.7 Å². The Hall–Kier alpha value is -1.71. The summed E-state index contributed by atoms with van der Waals surface area (Å²) in [6.07, 6.45) is -0.652. The van der Waals surface area contributed by atoms with Crippen LogP contribution in [0.3, 0.4) is 0 Å². The van der Waals surface area contributed by atoms with E-state index in [0.717, 1.165) is 5.56 Å². The first-order valence-corrected chi connectivity index (χ1v) is 7.21. The number of benzene rings is 2. The topological polar surface area (TPSA) is 38.3 Å². The van der Waals surface area contributed by atoms with Crippen molar-refractivity contribution >= 4 is 34.8 Å². The summed E-state index contributed by atoms with van der Waals surface area (Å²) in [5.41, 5.74) is 1.44. The normalized spacial score (nSPS) is 11.8. The molecule has 0 saturated heterocycles. The van der Waals surface area contributed by atoms with Crippen LogP contribution in [0.4, 0.5) is 5.69 Å². The van der Waals surface area contributed by atoms with E-state index in [2.05, 4.69) is 5.32 Å². The Morgan fingerprint density at radius 2 is 1.90 bits per heavy atom. The van der Waals surface area contributed by atoms with Gasteiger partial charge in [-0.05, 0) is 49.7 Å². The highest BCUT2D eigenvalue weighted by Crippen LogP contribution is 2.24. The summed E-state index contributed by atoms with van der Waals surface area (Å²) in [4.78, 5) is 12.1. The van der Waals surface area contributed by atoms with Gasteiger partial charge < -0.3 is 10.1 Å². The maximum atomic E-state index is 12.1. The predicted molar refractivity (Wildman–Crippen MR) is 86.4 cm³/mol. The number of hydrogen-bond acceptors (Lipinski definition) is 2. The first kappa shape index (κ1) is 15.7. The van der Waals surface area contributed by atoms with Gasteiger partial charge >= 0.3 is 0 Å². The summed E-state index contributed by atoms with van der Waals surface area (Å²) >= 11 is 11.9. The molecule has 0 aromatic heterocycles. The van der Waals surface area contributed by atoms with Crippen molar-refractivity contribution in [2.75, 3.05) is 5.32 Å². The number of amides is 1. The van der Waals surface area contributed by atoms with E-state index in [1.165, 1.54) is 0 Å². The van der Waals surface area contributed by atoms with Crippen LogP contribution >= 0.6 is 23.2 Å². The summed E-state index contributed by atoms with van der Waals surface area (Å²) in [5.74, 6) is 0.360. The fraction of sp³-hybridized carbons (Fsp3) is 0.188. The molecule has 2 aromatic carbocycles. The highest BCUT2D eigenvalue weighted by Gasteiger charge is 2.16. The van der Waals surface area contributed by atoms with Crippen LogP contribution in [0.5, 0.6) is 5.75 Å². The van der Waals surface area contributed by atoms with Crippen LogP contribution in [0.2, 0.25) is 10.0 Å². The molecule has 5 heteroatoms. The maximum Gasteiger partial charge on any atom is 0.265 e. The second-order valence-corrected chi connectivity index (χ2v) is 5.48. The molecule has 110 valence electrons. The van der Waals surface area contributed by atoms with E-state index < -0.39 is 6.10 Å². The van der Waals surface area contributed by atoms with Crippen LogP contribution in [-0.4, -0.2) is 12.0 Å². The standard InChI is InChI=1S/C16H15Cl2NO2/c1-10-9-12(17)7-8-15(10)21-11(2)16(20)19-14-6-4-3-5-13(14)18/h3-9,11H,1-2H3,(H,19,20)/t11-/m0/s1. The van der Waals surface area contributed by atoms with Crippen LogP contribution in [-0.2, 0) is 4.79 Å². The van der Waals surface area contributed by atoms with Crippen molar-refractivity contribution in [3.63, 3.8) is 0 Å². The van der Waals surface area contributed by atoms with Crippen molar-refractivity contribution in [1.29, 1.82) is 0 Å². The average molecular weight is 324 g/mol. The van der Waals surface area contributed by atoms with Crippen LogP contribution in [0.15, 0.2) is 42.5 Å². The molecule has 2 rings (SSSR count). The maximum absolute atomic E-state index is 12.1. The molecule has 0 aliphatic heterocycles. The van der Waals surface area contributed by atoms with Gasteiger partial charge in [-0.2, -0.15) is 0 Å². The summed E-state index contributed by atoms with van der Waals surface area (Å²) in [5, 5.41) is 3.86. The lowest BCUT2D eigenvalue weighted by Gasteiger charge is -2.16. The van der Waals surface area contributed by atoms with E-state index in [1.807, 2.05) is 6.92 Å². The summed E-state index contributed by atoms with van der Waals surface area (Å²) in [7, 11) is 0. The number of anilines is 1. The number of hydrogen-bond donors (Lipinski definition) is 1. The third-order valence-electron chi connectivity index (χ3n) is 2.94. The van der Waals surface area contributed by atoms with Crippen molar-refractivity contribution < 1.29 is 9.53 Å². The zero-order valence-corrected chi connectivity index (χ0v) is 13.2. The Balaban J connectivity index is 2.04. The third kappa shape index (κ3) is 4.13. The molecule has 0 radical (unpaired) electrons. The van der Waals surface area contributed by atoms with Gasteiger partial charge in [-0.15, -0.1) is 0 Å². The fourth-order valence-electron chi connectivity index (χ4n) is 1.79. The van der Waals surface area contributed by atoms with E-state index in [-0.39, 0.29) is 5.91 Å². The number of halogens is 2. The molecule has 2 aromatic rings. The van der Waals surface area contributed by atoms with E-state index in [0.29, 0.717) is 21.5 Å². The van der Waals surface area contributed by atoms with E-state index >= 15 is 0 Å². The van der Waals surface area contributed by atoms with Gasteiger partial charge in [0.25, 0.3) is 5.91 Å². The molecule has 0 aliphatic carbocycles. The van der Waals surface area contributed by atoms with Crippen molar-refractivity contribution in [3.05, 3.63) is 58.1 Å². The van der Waals surface area contributed by atoms with E-state index in [9.17, 15) is 4.79 Å². The number of carbonyl (C=O) groups excluding carboxylic acids is 1. The van der Waals surface area contributed by atoms with Gasteiger partial charge in [0.1, 0.15) is 5.75 Å². The van der Waals surface area contributed by atoms with Gasteiger partial charge in [0.2, 0.25) is 0 Å². The Morgan fingerprint density at radius 3 is 2.57 bits per heavy atom. The average Bonchev–Trinajstić information content (AvgIpc) is 2.44. The van der Waals surface area contributed by atoms with Gasteiger partial charge in [-0.25, -0.2) is 0 Å². The summed E-state index contributed by atoms with van der Waals surface area (Å²) in [6.45, 7) is 3.56. The van der Waals surface area contributed by atoms with Crippen LogP contribution < -0.4 is 10.1 Å². The summed E-state index contributed by atoms with van der Waals surface area (Å²) < 4.78 is 5.66. The molecule has 3 nitrogen and oxygen atoms in total. The fourth-order valence-corrected chi connectivity index (χ4v) is 2.20. The predicted octanol–water partition coefficient (Wildman–Crippen LogP) is 4.71. The molecule has 0 heterocycles. The molecule has 1 atom stereocenters. The molecule has 0 unspecified atom stereocenters. The minimum absolute atomic E-state index is 0.266. The zero-order valence-electron chi connectivity index (χ0n) is 11.7. The largest absolute Gasteiger partial charge is 0.481 e. The molecule has 0 spiro atoms. The molecule has 0 fully saturated rings. The highest BCUT2D eigenvalue weighted by atomic mass is 35.5. The lowest BCUT2D eigenvalue weighted by atomic mass is 10.2. The van der Waals surface area contributed by atoms with E-state index in [4.69, 9.17) is 27.9 Å². The third-order valence-corrected chi connectivity index (χ3v) is 3.51. The molecule has 21 heavy (non-hydrogen) atoms. The van der Waals surface area contributed by atoms with Gasteiger partial charge in [-0.1, -0.05) is 35.3 Å². The molecule has 0 aliphatic rings. The van der Waals surface area contributed by atoms with Gasteiger partial charge in [0, 0.05) is 5.02 Å². The van der Waals surface area contributed by atoms with E-state index in [1.54, 1.807) is 49.4 Å². The number of para-hydroxylation sites is 1. The molecule has 1 N–H and O–H groups in total. The smallest absolute Gasteiger partial charge is 0.265 e. The number of ether oxygens (including phenoxy) is 1. The Labute approximate surface area is 133 Å². The zero-order chi connectivity index (χ0) is 15.4. The SMILES string of the molecule is Cc1cc(Cl)ccc1O[C@@H](C)C(=O)Nc1ccccc1Cl. The number of carbonyl (C=O) groups is 1. The van der Waals surface area contributed by atoms with Crippen LogP contribution in [0.1, 0.15) is 12.5 Å². The second kappa shape index (κ2) is 6.83. The van der Waals surface area contributed by atoms with Crippen LogP contribution in [0, 0.1) is 6.92 Å². The number of nitrogens with one attached hydrogen (secondary N) is 1.